The molecule has 4 aliphatic carbocycles. The number of carbonyl (C=O) groups excluding carboxylic acids is 4. The molecule has 22 heteroatoms. The Morgan fingerprint density at radius 2 is 1.15 bits per heavy atom. The number of benzene rings is 3. The second kappa shape index (κ2) is 33.5. The Bertz CT molecular complexity index is 2520. The Morgan fingerprint density at radius 1 is 0.667 bits per heavy atom. The maximum atomic E-state index is 13.4. The zero-order chi connectivity index (χ0) is 59.0. The number of hydrazine groups is 1. The van der Waals surface area contributed by atoms with Crippen LogP contribution in [0.5, 0.6) is 34.5 Å². The summed E-state index contributed by atoms with van der Waals surface area (Å²) in [5.74, 6) is 7.83. The maximum absolute atomic E-state index is 13.4. The molecule has 446 valence electrons. The molecule has 0 atom stereocenters. The molecule has 3 aromatic carbocycles. The molecule has 1 amide bonds. The van der Waals surface area contributed by atoms with Crippen molar-refractivity contribution in [3.05, 3.63) is 71.8 Å². The van der Waals surface area contributed by atoms with Gasteiger partial charge >= 0.3 is 29.3 Å². The average Bonchev–Trinajstić information content (AvgIpc) is 4.40. The van der Waals surface area contributed by atoms with Gasteiger partial charge in [-0.1, -0.05) is 69.9 Å². The number of methoxy groups -OCH3 is 6. The van der Waals surface area contributed by atoms with Gasteiger partial charge in [-0.15, -0.1) is 0 Å². The van der Waals surface area contributed by atoms with Crippen molar-refractivity contribution in [3.63, 3.8) is 0 Å². The third-order valence-electron chi connectivity index (χ3n) is 16.4. The first-order chi connectivity index (χ1) is 39.0. The summed E-state index contributed by atoms with van der Waals surface area (Å²) in [5, 5.41) is 19.5. The predicted octanol–water partition coefficient (Wildman–Crippen LogP) is 11.1. The number of carboxylic acid groups (broad SMARTS) is 1. The first kappa shape index (κ1) is 67.0. The van der Waals surface area contributed by atoms with Gasteiger partial charge in [0.1, 0.15) is 0 Å². The summed E-state index contributed by atoms with van der Waals surface area (Å²) in [7, 11) is 24.4. The van der Waals surface area contributed by atoms with E-state index in [1.165, 1.54) is 33.5 Å². The number of hydrazone groups is 1. The smallest absolute Gasteiger partial charge is 0.493 e. The molecule has 81 heavy (non-hydrogen) atoms. The highest BCUT2D eigenvalue weighted by molar-refractivity contribution is 7.54. The largest absolute Gasteiger partial charge is 0.643 e. The summed E-state index contributed by atoms with van der Waals surface area (Å²) in [6.07, 6.45) is 20.2. The van der Waals surface area contributed by atoms with Crippen LogP contribution in [-0.2, 0) is 23.9 Å². The van der Waals surface area contributed by atoms with Crippen molar-refractivity contribution in [1.82, 2.24) is 15.8 Å². The molecule has 3 aliphatic heterocycles. The number of aliphatic carboxylic acids is 1. The zero-order valence-corrected chi connectivity index (χ0v) is 51.4. The lowest BCUT2D eigenvalue weighted by Crippen LogP contribution is -2.50. The van der Waals surface area contributed by atoms with Crippen molar-refractivity contribution in [3.8, 4) is 34.5 Å². The lowest BCUT2D eigenvalue weighted by atomic mass is 9.76. The van der Waals surface area contributed by atoms with E-state index in [1.807, 2.05) is 47.5 Å². The molecule has 6 fully saturated rings. The van der Waals surface area contributed by atoms with Crippen LogP contribution in [0.1, 0.15) is 157 Å². The molecule has 3 aromatic rings. The highest BCUT2D eigenvalue weighted by Gasteiger charge is 2.51. The number of amides is 1. The van der Waals surface area contributed by atoms with Gasteiger partial charge in [0.15, 0.2) is 40.3 Å². The molecule has 3 heterocycles. The number of nitrogens with two attached hydrogens (primary N) is 1. The summed E-state index contributed by atoms with van der Waals surface area (Å²) >= 11 is -1.72. The number of cyclic esters (lactones) is 2. The topological polar surface area (TPSA) is 236 Å². The fourth-order valence-corrected chi connectivity index (χ4v) is 11.8. The number of Topliss-reactive ketones (excluding diaryl/α,β-unsaturated/α-hetero) is 1. The van der Waals surface area contributed by atoms with Crippen molar-refractivity contribution in [2.75, 3.05) is 55.7 Å². The molecule has 18 nitrogen and oxygen atoms in total. The summed E-state index contributed by atoms with van der Waals surface area (Å²) in [5.41, 5.74) is 3.73. The predicted molar refractivity (Wildman–Crippen MR) is 315 cm³/mol. The van der Waals surface area contributed by atoms with Crippen LogP contribution in [0.25, 0.3) is 0 Å². The molecule has 10 rings (SSSR count). The maximum Gasteiger partial charge on any atom is 0.643 e. The van der Waals surface area contributed by atoms with Crippen molar-refractivity contribution in [1.29, 1.82) is 0 Å². The van der Waals surface area contributed by atoms with Gasteiger partial charge in [0.25, 0.3) is 0 Å². The minimum absolute atomic E-state index is 0.0395. The monoisotopic (exact) mass is 1200 g/mol. The molecule has 5 N–H and O–H groups in total. The van der Waals surface area contributed by atoms with Crippen LogP contribution in [0, 0.1) is 16.2 Å². The Balaban J connectivity index is 0.000000196. The number of esters is 2. The molecule has 0 radical (unpaired) electrons. The fourth-order valence-electron chi connectivity index (χ4n) is 11.8. The number of para-hydroxylation sites is 2. The summed E-state index contributed by atoms with van der Waals surface area (Å²) in [6.45, 7) is 2.21. The summed E-state index contributed by atoms with van der Waals surface area (Å²) in [6, 6.07) is 19.2. The van der Waals surface area contributed by atoms with Crippen LogP contribution in [0.2, 0.25) is 0 Å². The van der Waals surface area contributed by atoms with Gasteiger partial charge in [-0.3, -0.25) is 35.2 Å². The van der Waals surface area contributed by atoms with Crippen molar-refractivity contribution in [2.45, 2.75) is 153 Å². The number of carboxylic acids is 1. The fraction of sp³-hybridized carbons (Fsp3) is 0.593. The van der Waals surface area contributed by atoms with Gasteiger partial charge < -0.3 is 43.6 Å². The van der Waals surface area contributed by atoms with Gasteiger partial charge in [0, 0.05) is 30.0 Å². The van der Waals surface area contributed by atoms with Gasteiger partial charge in [-0.05, 0) is 126 Å². The van der Waals surface area contributed by atoms with Crippen LogP contribution in [0.3, 0.4) is 0 Å². The van der Waals surface area contributed by atoms with E-state index in [9.17, 15) is 29.1 Å². The van der Waals surface area contributed by atoms with Gasteiger partial charge in [0.2, 0.25) is 5.91 Å². The highest BCUT2D eigenvalue weighted by atomic mass is 35.8. The Kier molecular flexibility index (Phi) is 27.7. The average molecular weight is 1200 g/mol. The molecule has 0 unspecified atom stereocenters. The highest BCUT2D eigenvalue weighted by Crippen LogP contribution is 2.48. The van der Waals surface area contributed by atoms with Crippen LogP contribution in [0.15, 0.2) is 65.8 Å². The van der Waals surface area contributed by atoms with Crippen molar-refractivity contribution in [2.24, 2.45) is 27.2 Å². The first-order valence-electron chi connectivity index (χ1n) is 28.1. The Hall–Kier alpha value is -4.84. The minimum Gasteiger partial charge on any atom is -0.493 e. The second-order valence-electron chi connectivity index (χ2n) is 21.4. The lowest BCUT2D eigenvalue weighted by Gasteiger charge is -2.41. The van der Waals surface area contributed by atoms with Crippen LogP contribution < -0.4 is 45.0 Å². The molecule has 4 saturated carbocycles. The minimum atomic E-state index is -1.72. The zero-order valence-electron chi connectivity index (χ0n) is 47.9. The number of piperidine rings is 1. The number of carbonyl (C=O) groups is 5. The number of hydrogen-bond donors (Lipinski definition) is 4. The third-order valence-corrected chi connectivity index (χ3v) is 16.4. The van der Waals surface area contributed by atoms with E-state index < -0.39 is 28.2 Å². The summed E-state index contributed by atoms with van der Waals surface area (Å²) in [4.78, 5) is 59.3. The number of ketones is 1. The first-order valence-corrected chi connectivity index (χ1v) is 33.3. The SMILES string of the molecule is COc1ccc(C(=O)CC2(C(=O)O)CCCC2)cc1OC.COc1ccc(C2=NN(C3CCCCC3)C(=O)C3(CCCC3)C2)cc1OC.COc1ccccc1OC.NNC1CCNCC1.O=C1CC2(CCCC2)C(=O)O1.[Cl][Al]([Cl])[Cl]. The third kappa shape index (κ3) is 18.8. The molecule has 2 saturated heterocycles. The Morgan fingerprint density at radius 3 is 1.62 bits per heavy atom. The number of nitrogens with one attached hydrogen (secondary N) is 2. The van der Waals surface area contributed by atoms with Crippen molar-refractivity contribution >= 4 is 76.8 Å². The molecule has 2 spiro atoms. The van der Waals surface area contributed by atoms with Gasteiger partial charge in [0.05, 0.1) is 77.1 Å². The Labute approximate surface area is 494 Å². The molecule has 0 aromatic heterocycles. The lowest BCUT2D eigenvalue weighted by molar-refractivity contribution is -0.155. The normalized spacial score (nSPS) is 19.5. The van der Waals surface area contributed by atoms with Crippen LogP contribution in [-0.4, -0.2) is 125 Å². The van der Waals surface area contributed by atoms with Gasteiger partial charge in [-0.25, -0.2) is 35.2 Å². The number of hydrogen-bond acceptors (Lipinski definition) is 16. The number of halogens is 3. The number of rotatable bonds is 13. The van der Waals surface area contributed by atoms with E-state index in [4.69, 9.17) is 69.5 Å². The number of nitrogens with zero attached hydrogens (tertiary/aromatic N) is 2. The van der Waals surface area contributed by atoms with Crippen molar-refractivity contribution < 1.29 is 62.2 Å². The quantitative estimate of drug-likeness (QED) is 0.0311. The second-order valence-corrected chi connectivity index (χ2v) is 27.8. The van der Waals surface area contributed by atoms with E-state index in [1.54, 1.807) is 46.6 Å². The van der Waals surface area contributed by atoms with Crippen LogP contribution >= 0.6 is 30.1 Å². The molecule has 7 aliphatic rings. The van der Waals surface area contributed by atoms with Gasteiger partial charge in [-0.2, -0.15) is 5.10 Å². The standard InChI is InChI=1S/C22H30N2O3.C16H20O5.C8H10O3.C8H10O2.C5H13N3.Al.3ClH/c1-26-19-11-10-16(14-20(19)27-2)18-15-22(12-6-7-13-22)21(25)24(23-18)17-8-4-3-5-9-17;1-20-13-6-5-11(9-14(13)21-2)12(17)10-16(15(18)19)7-3-4-8-16;9-6-5-8(7(10)11-6)3-1-2-4-8;1-9-7-5-3-4-6-8(7)10-2;6-8-5-1-3-7-4-2-5;;;;/h10-11,14,17H,3-9,12-13,15H2,1-2H3;5-6,9H,3-4,7-8,10H2,1-2H3,(H,18,19);1-5H2;3-6H,1-2H3;5,7-8H,1-4,6H2;;3*1H/q;;;;;+3;;;/p-3. The van der Waals surface area contributed by atoms with E-state index in [-0.39, 0.29) is 41.5 Å². The van der Waals surface area contributed by atoms with E-state index in [0.717, 1.165) is 132 Å². The number of ether oxygens (including phenoxy) is 7. The van der Waals surface area contributed by atoms with E-state index in [2.05, 4.69) is 15.5 Å². The van der Waals surface area contributed by atoms with E-state index >= 15 is 0 Å². The summed E-state index contributed by atoms with van der Waals surface area (Å²) < 4.78 is 35.7. The molecular formula is C59H83AlCl3N5O13. The molecule has 0 bridgehead atoms. The molecular weight excluding hydrogens is 1120 g/mol. The van der Waals surface area contributed by atoms with Crippen LogP contribution in [0.4, 0.5) is 0 Å². The van der Waals surface area contributed by atoms with E-state index in [0.29, 0.717) is 53.9 Å².